The Balaban J connectivity index is 0.845. The first kappa shape index (κ1) is 50.0. The lowest BCUT2D eigenvalue weighted by atomic mass is 9.88. The van der Waals surface area contributed by atoms with Crippen molar-refractivity contribution in [2.75, 3.05) is 82.7 Å². The predicted octanol–water partition coefficient (Wildman–Crippen LogP) is 5.39. The molecular weight excluding hydrogens is 1020 g/mol. The predicted molar refractivity (Wildman–Crippen MR) is 270 cm³/mol. The van der Waals surface area contributed by atoms with Gasteiger partial charge in [-0.25, -0.2) is 9.37 Å². The zero-order valence-electron chi connectivity index (χ0n) is 39.9. The maximum absolute atomic E-state index is 15.3. The molecule has 72 heavy (non-hydrogen) atoms. The maximum Gasteiger partial charge on any atom is 0.365 e. The van der Waals surface area contributed by atoms with Gasteiger partial charge in [0, 0.05) is 102 Å². The quantitative estimate of drug-likeness (QED) is 0.0744. The van der Waals surface area contributed by atoms with Crippen LogP contribution in [0.5, 0.6) is 5.75 Å². The number of piperazine rings is 1. The van der Waals surface area contributed by atoms with Gasteiger partial charge in [-0.3, -0.25) is 48.6 Å². The number of carbonyl (C=O) groups excluding carboxylic acids is 4. The molecule has 376 valence electrons. The Labute approximate surface area is 421 Å². The van der Waals surface area contributed by atoms with Gasteiger partial charge in [0.2, 0.25) is 23.7 Å². The molecule has 1 atom stereocenters. The number of amides is 4. The number of nitrogens with one attached hydrogen (secondary N) is 4. The number of anilines is 5. The number of benzene rings is 3. The normalized spacial score (nSPS) is 16.9. The average Bonchev–Trinajstić information content (AvgIpc) is 3.83. The van der Waals surface area contributed by atoms with E-state index in [9.17, 15) is 23.7 Å². The van der Waals surface area contributed by atoms with E-state index in [4.69, 9.17) is 18.8 Å². The van der Waals surface area contributed by atoms with Crippen molar-refractivity contribution < 1.29 is 41.9 Å². The number of imide groups is 1. The van der Waals surface area contributed by atoms with Gasteiger partial charge in [0.1, 0.15) is 34.2 Å². The van der Waals surface area contributed by atoms with E-state index in [1.54, 1.807) is 48.6 Å². The number of carbonyl (C=O) groups is 4. The second-order valence-corrected chi connectivity index (χ2v) is 20.5. The number of nitrogens with zero attached hydrogens (tertiary/aromatic N) is 9. The van der Waals surface area contributed by atoms with E-state index in [-0.39, 0.29) is 48.0 Å². The van der Waals surface area contributed by atoms with Gasteiger partial charge in [-0.15, -0.1) is 0 Å². The zero-order valence-corrected chi connectivity index (χ0v) is 42.3. The first-order valence-electron chi connectivity index (χ1n) is 23.2. The van der Waals surface area contributed by atoms with Crippen LogP contribution in [0.25, 0.3) is 22.2 Å². The number of ether oxygens (including phenoxy) is 1. The van der Waals surface area contributed by atoms with Crippen LogP contribution in [-0.4, -0.2) is 136 Å². The SMILES string of the molecule is COc1cc(N2CCN(C(=O)CN3CCC(c4ccc(C(=O)NC5CCC(=O)NC5=O)c(F)c4)CC3)CC2)c(-c2cnn(C)c2)cc1Nc1ncc(Br)c(Nc2ccc3nccnc3c2P(=O)(OC)OC)n1. The Bertz CT molecular complexity index is 3100. The lowest BCUT2D eigenvalue weighted by Crippen LogP contribution is -2.52. The lowest BCUT2D eigenvalue weighted by molar-refractivity contribution is -0.135. The molecule has 6 heterocycles. The van der Waals surface area contributed by atoms with Gasteiger partial charge < -0.3 is 39.5 Å². The van der Waals surface area contributed by atoms with Crippen LogP contribution < -0.4 is 36.2 Å². The van der Waals surface area contributed by atoms with Crippen LogP contribution in [0.15, 0.2) is 77.9 Å². The van der Waals surface area contributed by atoms with Gasteiger partial charge in [0.05, 0.1) is 46.8 Å². The van der Waals surface area contributed by atoms with Crippen LogP contribution in [0.1, 0.15) is 47.5 Å². The Morgan fingerprint density at radius 3 is 2.36 bits per heavy atom. The van der Waals surface area contributed by atoms with Gasteiger partial charge >= 0.3 is 7.60 Å². The fourth-order valence-corrected chi connectivity index (χ4v) is 10.9. The molecule has 0 radical (unpaired) electrons. The van der Waals surface area contributed by atoms with E-state index in [0.29, 0.717) is 90.6 Å². The van der Waals surface area contributed by atoms with E-state index in [2.05, 4.69) is 67.0 Å². The molecule has 0 spiro atoms. The van der Waals surface area contributed by atoms with E-state index < -0.39 is 37.2 Å². The minimum Gasteiger partial charge on any atom is -0.494 e. The molecule has 0 bridgehead atoms. The standard InChI is InChI=1S/C48H52BrFN13O8P/c1-60-26-30(24-54-60)32-22-38(57-48-53-25-33(49)45(59-48)55-36-8-7-35-43(52-14-13-51-35)44(36)72(68,70-3)71-4)40(69-2)23-39(32)62-17-19-63(20-18-62)42(65)27-61-15-11-28(12-16-61)29-5-6-31(34(50)21-29)46(66)56-37-9-10-41(64)58-47(37)67/h5-8,13-14,21-26,28,37H,9-12,15-20,27H2,1-4H3,(H,56,66)(H,58,64,67)(H2,53,55,57,59). The minimum atomic E-state index is -3.85. The number of fused-ring (bicyclic) bond motifs is 1. The number of hydrogen-bond donors (Lipinski definition) is 4. The topological polar surface area (TPSA) is 240 Å². The summed E-state index contributed by atoms with van der Waals surface area (Å²) < 4.78 is 48.2. The van der Waals surface area contributed by atoms with Crippen LogP contribution in [0.4, 0.5) is 33.2 Å². The number of hydrogen-bond acceptors (Lipinski definition) is 17. The number of aromatic nitrogens is 6. The molecule has 3 saturated heterocycles. The molecule has 4 N–H and O–H groups in total. The summed E-state index contributed by atoms with van der Waals surface area (Å²) in [5.74, 6) is -1.22. The smallest absolute Gasteiger partial charge is 0.365 e. The van der Waals surface area contributed by atoms with Gasteiger partial charge in [0.25, 0.3) is 5.91 Å². The molecule has 3 aromatic carbocycles. The molecule has 4 amide bonds. The molecule has 21 nitrogen and oxygen atoms in total. The summed E-state index contributed by atoms with van der Waals surface area (Å²) in [4.78, 5) is 74.5. The van der Waals surface area contributed by atoms with Crippen LogP contribution >= 0.6 is 23.5 Å². The summed E-state index contributed by atoms with van der Waals surface area (Å²) in [5.41, 5.74) is 5.03. The molecular formula is C48H52BrFN13O8P. The highest BCUT2D eigenvalue weighted by Crippen LogP contribution is 2.49. The van der Waals surface area contributed by atoms with Gasteiger partial charge in [-0.2, -0.15) is 10.1 Å². The summed E-state index contributed by atoms with van der Waals surface area (Å²) in [6, 6.07) is 11.0. The average molecular weight is 1070 g/mol. The molecule has 9 rings (SSSR count). The summed E-state index contributed by atoms with van der Waals surface area (Å²) >= 11 is 3.55. The molecule has 6 aromatic rings. The third kappa shape index (κ3) is 10.7. The molecule has 24 heteroatoms. The minimum absolute atomic E-state index is 0.0374. The molecule has 0 aliphatic carbocycles. The largest absolute Gasteiger partial charge is 0.494 e. The molecule has 0 saturated carbocycles. The summed E-state index contributed by atoms with van der Waals surface area (Å²) in [5, 5.41) is 16.0. The van der Waals surface area contributed by atoms with Crippen LogP contribution in [0, 0.1) is 5.82 Å². The van der Waals surface area contributed by atoms with Crippen LogP contribution in [0.2, 0.25) is 0 Å². The van der Waals surface area contributed by atoms with Crippen molar-refractivity contribution in [3.63, 3.8) is 0 Å². The van der Waals surface area contributed by atoms with Crippen molar-refractivity contribution >= 4 is 92.3 Å². The summed E-state index contributed by atoms with van der Waals surface area (Å²) in [6.45, 7) is 3.72. The Hall–Kier alpha value is -6.91. The number of aryl methyl sites for hydroxylation is 1. The van der Waals surface area contributed by atoms with Crippen molar-refractivity contribution in [1.82, 2.24) is 50.1 Å². The Morgan fingerprint density at radius 2 is 1.67 bits per heavy atom. The zero-order chi connectivity index (χ0) is 50.7. The first-order chi connectivity index (χ1) is 34.7. The first-order valence-corrected chi connectivity index (χ1v) is 25.5. The van der Waals surface area contributed by atoms with Crippen molar-refractivity contribution in [1.29, 1.82) is 0 Å². The molecule has 3 aliphatic rings. The number of halogens is 2. The summed E-state index contributed by atoms with van der Waals surface area (Å²) in [6.07, 6.45) is 10.0. The monoisotopic (exact) mass is 1070 g/mol. The van der Waals surface area contributed by atoms with E-state index >= 15 is 4.39 Å². The lowest BCUT2D eigenvalue weighted by Gasteiger charge is -2.39. The van der Waals surface area contributed by atoms with Gasteiger partial charge in [-0.05, 0) is 90.1 Å². The van der Waals surface area contributed by atoms with Gasteiger partial charge in [0.15, 0.2) is 0 Å². The van der Waals surface area contributed by atoms with Crippen LogP contribution in [-0.2, 0) is 35.0 Å². The molecule has 3 aliphatic heterocycles. The third-order valence-corrected chi connectivity index (χ3v) is 15.7. The highest BCUT2D eigenvalue weighted by atomic mass is 79.9. The van der Waals surface area contributed by atoms with Crippen LogP contribution in [0.3, 0.4) is 0 Å². The van der Waals surface area contributed by atoms with Gasteiger partial charge in [-0.1, -0.05) is 6.07 Å². The second-order valence-electron chi connectivity index (χ2n) is 17.5. The fraction of sp³-hybridized carbons (Fsp3) is 0.354. The number of piperidine rings is 2. The molecule has 3 aromatic heterocycles. The number of likely N-dealkylation sites (tertiary alicyclic amines) is 1. The summed E-state index contributed by atoms with van der Waals surface area (Å²) in [7, 11) is 2.19. The Morgan fingerprint density at radius 1 is 0.903 bits per heavy atom. The second kappa shape index (κ2) is 21.4. The number of rotatable bonds is 15. The number of methoxy groups -OCH3 is 1. The van der Waals surface area contributed by atoms with E-state index in [1.165, 1.54) is 32.5 Å². The molecule has 1 unspecified atom stereocenters. The molecule has 3 fully saturated rings. The fourth-order valence-electron chi connectivity index (χ4n) is 9.26. The highest BCUT2D eigenvalue weighted by molar-refractivity contribution is 9.10. The third-order valence-electron chi connectivity index (χ3n) is 13.1. The maximum atomic E-state index is 15.3. The highest BCUT2D eigenvalue weighted by Gasteiger charge is 2.34. The van der Waals surface area contributed by atoms with Crippen molar-refractivity contribution in [3.8, 4) is 16.9 Å². The van der Waals surface area contributed by atoms with E-state index in [1.807, 2.05) is 30.3 Å². The van der Waals surface area contributed by atoms with E-state index in [0.717, 1.165) is 22.4 Å². The van der Waals surface area contributed by atoms with Crippen molar-refractivity contribution in [3.05, 3.63) is 94.9 Å². The van der Waals surface area contributed by atoms with Crippen molar-refractivity contribution in [2.45, 2.75) is 37.6 Å². The van der Waals surface area contributed by atoms with Crippen molar-refractivity contribution in [2.24, 2.45) is 7.05 Å². The Kier molecular flexibility index (Phi) is 14.9.